The van der Waals surface area contributed by atoms with Crippen LogP contribution in [0.1, 0.15) is 15.9 Å². The Hall–Kier alpha value is -1.63. The van der Waals surface area contributed by atoms with Crippen LogP contribution >= 0.6 is 58.6 Å². The average Bonchev–Trinajstić information content (AvgIpc) is 2.84. The van der Waals surface area contributed by atoms with Gasteiger partial charge in [-0.25, -0.2) is 4.90 Å². The van der Waals surface area contributed by atoms with Gasteiger partial charge in [0.05, 0.1) is 20.6 Å². The molecule has 2 aromatic carbocycles. The highest BCUT2D eigenvalue weighted by atomic mass is 35.5. The smallest absolute Gasteiger partial charge is 0.283 e. The zero-order valence-electron chi connectivity index (χ0n) is 12.7. The summed E-state index contributed by atoms with van der Waals surface area (Å²) in [5.41, 5.74) is 0.869. The maximum absolute atomic E-state index is 12.7. The van der Waals surface area contributed by atoms with E-state index in [1.165, 1.54) is 24.3 Å². The van der Waals surface area contributed by atoms with Crippen molar-refractivity contribution in [3.05, 3.63) is 73.3 Å². The molecule has 132 valence electrons. The summed E-state index contributed by atoms with van der Waals surface area (Å²) in [6, 6.07) is 9.23. The van der Waals surface area contributed by atoms with Crippen LogP contribution in [0.5, 0.6) is 0 Å². The van der Waals surface area contributed by atoms with E-state index < -0.39 is 11.8 Å². The van der Waals surface area contributed by atoms with Crippen LogP contribution in [-0.2, 0) is 4.79 Å². The van der Waals surface area contributed by atoms with Gasteiger partial charge in [0.25, 0.3) is 11.8 Å². The number of hydrogen-bond acceptors (Lipinski definition) is 3. The standard InChI is InChI=1S/C17H8Cl4N2O2S/c18-9-2-3-10(12(20)7-9)15(24)23-16(25)14(22-17(23)26)6-8-1-4-11(19)13(21)5-8/h1-7H,(H,22,26)/b14-6-. The predicted octanol–water partition coefficient (Wildman–Crippen LogP) is 5.20. The van der Waals surface area contributed by atoms with Crippen molar-refractivity contribution in [1.82, 2.24) is 10.2 Å². The van der Waals surface area contributed by atoms with Crippen molar-refractivity contribution >= 4 is 81.6 Å². The number of benzene rings is 2. The highest BCUT2D eigenvalue weighted by molar-refractivity contribution is 7.80. The molecule has 2 aromatic rings. The molecule has 1 aliphatic rings. The molecule has 0 aliphatic carbocycles. The van der Waals surface area contributed by atoms with Gasteiger partial charge in [0.15, 0.2) is 5.11 Å². The number of nitrogens with zero attached hydrogens (tertiary/aromatic N) is 1. The summed E-state index contributed by atoms with van der Waals surface area (Å²) in [5, 5.41) is 3.91. The number of amides is 2. The molecule has 0 radical (unpaired) electrons. The Morgan fingerprint density at radius 3 is 2.38 bits per heavy atom. The van der Waals surface area contributed by atoms with Crippen LogP contribution in [0.25, 0.3) is 6.08 Å². The fraction of sp³-hybridized carbons (Fsp3) is 0. The number of imide groups is 1. The molecule has 9 heteroatoms. The lowest BCUT2D eigenvalue weighted by Gasteiger charge is -2.13. The number of hydrogen-bond donors (Lipinski definition) is 1. The summed E-state index contributed by atoms with van der Waals surface area (Å²) in [4.78, 5) is 26.1. The molecule has 0 bridgehead atoms. The zero-order valence-corrected chi connectivity index (χ0v) is 16.6. The normalized spacial score (nSPS) is 15.5. The van der Waals surface area contributed by atoms with E-state index in [-0.39, 0.29) is 21.4 Å². The van der Waals surface area contributed by atoms with Crippen LogP contribution in [0.15, 0.2) is 42.1 Å². The first-order valence-corrected chi connectivity index (χ1v) is 9.01. The third-order valence-corrected chi connectivity index (χ3v) is 5.07. The highest BCUT2D eigenvalue weighted by Crippen LogP contribution is 2.26. The molecule has 1 heterocycles. The molecule has 0 saturated carbocycles. The van der Waals surface area contributed by atoms with Crippen LogP contribution in [0.3, 0.4) is 0 Å². The summed E-state index contributed by atoms with van der Waals surface area (Å²) in [5.74, 6) is -1.25. The predicted molar refractivity (Wildman–Crippen MR) is 108 cm³/mol. The van der Waals surface area contributed by atoms with Gasteiger partial charge < -0.3 is 5.32 Å². The largest absolute Gasteiger partial charge is 0.327 e. The van der Waals surface area contributed by atoms with Gasteiger partial charge in [-0.15, -0.1) is 0 Å². The highest BCUT2D eigenvalue weighted by Gasteiger charge is 2.37. The molecular formula is C17H8Cl4N2O2S. The molecule has 3 rings (SSSR count). The summed E-state index contributed by atoms with van der Waals surface area (Å²) in [6.07, 6.45) is 1.52. The third kappa shape index (κ3) is 3.72. The monoisotopic (exact) mass is 444 g/mol. The lowest BCUT2D eigenvalue weighted by molar-refractivity contribution is -0.120. The second-order valence-corrected chi connectivity index (χ2v) is 7.28. The van der Waals surface area contributed by atoms with E-state index >= 15 is 0 Å². The molecule has 26 heavy (non-hydrogen) atoms. The van der Waals surface area contributed by atoms with Crippen molar-refractivity contribution in [1.29, 1.82) is 0 Å². The number of nitrogens with one attached hydrogen (secondary N) is 1. The number of carbonyl (C=O) groups excluding carboxylic acids is 2. The Morgan fingerprint density at radius 1 is 1.00 bits per heavy atom. The quantitative estimate of drug-likeness (QED) is 0.392. The number of halogens is 4. The Labute approximate surface area is 174 Å². The van der Waals surface area contributed by atoms with E-state index in [1.54, 1.807) is 18.2 Å². The van der Waals surface area contributed by atoms with Crippen molar-refractivity contribution in [3.63, 3.8) is 0 Å². The molecule has 1 fully saturated rings. The Morgan fingerprint density at radius 2 is 1.73 bits per heavy atom. The van der Waals surface area contributed by atoms with Crippen LogP contribution in [0, 0.1) is 0 Å². The van der Waals surface area contributed by atoms with E-state index in [0.717, 1.165) is 4.90 Å². The topological polar surface area (TPSA) is 49.4 Å². The minimum absolute atomic E-state index is 0.0441. The van der Waals surface area contributed by atoms with Gasteiger partial charge in [0.2, 0.25) is 0 Å². The molecule has 2 amide bonds. The van der Waals surface area contributed by atoms with E-state index in [9.17, 15) is 9.59 Å². The van der Waals surface area contributed by atoms with E-state index in [2.05, 4.69) is 5.32 Å². The SMILES string of the molecule is O=C1/C(=C/c2ccc(Cl)c(Cl)c2)NC(=S)N1C(=O)c1ccc(Cl)cc1Cl. The molecule has 0 atom stereocenters. The van der Waals surface area contributed by atoms with Crippen molar-refractivity contribution in [2.24, 2.45) is 0 Å². The van der Waals surface area contributed by atoms with Gasteiger partial charge in [0, 0.05) is 5.02 Å². The Balaban J connectivity index is 1.92. The first kappa shape index (κ1) is 19.1. The Bertz CT molecular complexity index is 991. The second kappa shape index (κ2) is 7.55. The summed E-state index contributed by atoms with van der Waals surface area (Å²) in [7, 11) is 0. The second-order valence-electron chi connectivity index (χ2n) is 5.23. The van der Waals surface area contributed by atoms with Gasteiger partial charge in [-0.1, -0.05) is 52.5 Å². The van der Waals surface area contributed by atoms with Gasteiger partial charge in [-0.3, -0.25) is 9.59 Å². The zero-order chi connectivity index (χ0) is 19.0. The molecule has 1 N–H and O–H groups in total. The molecule has 0 aromatic heterocycles. The number of carbonyl (C=O) groups is 2. The maximum Gasteiger partial charge on any atom is 0.283 e. The van der Waals surface area contributed by atoms with Gasteiger partial charge in [-0.05, 0) is 54.2 Å². The fourth-order valence-corrected chi connectivity index (χ4v) is 3.34. The van der Waals surface area contributed by atoms with E-state index in [4.69, 9.17) is 58.6 Å². The Kier molecular flexibility index (Phi) is 5.55. The molecule has 0 spiro atoms. The van der Waals surface area contributed by atoms with Gasteiger partial charge in [-0.2, -0.15) is 0 Å². The molecule has 1 saturated heterocycles. The maximum atomic E-state index is 12.7. The first-order valence-electron chi connectivity index (χ1n) is 7.09. The average molecular weight is 446 g/mol. The molecule has 1 aliphatic heterocycles. The van der Waals surface area contributed by atoms with Crippen molar-refractivity contribution in [2.75, 3.05) is 0 Å². The fourth-order valence-electron chi connectivity index (χ4n) is 2.27. The number of rotatable bonds is 2. The van der Waals surface area contributed by atoms with Crippen LogP contribution in [-0.4, -0.2) is 21.8 Å². The van der Waals surface area contributed by atoms with Gasteiger partial charge >= 0.3 is 0 Å². The van der Waals surface area contributed by atoms with Crippen LogP contribution < -0.4 is 5.32 Å². The molecule has 0 unspecified atom stereocenters. The third-order valence-electron chi connectivity index (χ3n) is 3.50. The van der Waals surface area contributed by atoms with Crippen molar-refractivity contribution in [2.45, 2.75) is 0 Å². The van der Waals surface area contributed by atoms with Crippen LogP contribution in [0.2, 0.25) is 20.1 Å². The molecular weight excluding hydrogens is 438 g/mol. The lowest BCUT2D eigenvalue weighted by Crippen LogP contribution is -2.36. The summed E-state index contributed by atoms with van der Waals surface area (Å²) >= 11 is 28.8. The first-order chi connectivity index (χ1) is 12.3. The minimum Gasteiger partial charge on any atom is -0.327 e. The van der Waals surface area contributed by atoms with Crippen molar-refractivity contribution < 1.29 is 9.59 Å². The lowest BCUT2D eigenvalue weighted by atomic mass is 10.1. The molecule has 4 nitrogen and oxygen atoms in total. The van der Waals surface area contributed by atoms with E-state index in [0.29, 0.717) is 20.6 Å². The van der Waals surface area contributed by atoms with Gasteiger partial charge in [0.1, 0.15) is 5.70 Å². The summed E-state index contributed by atoms with van der Waals surface area (Å²) in [6.45, 7) is 0. The number of thiocarbonyl (C=S) groups is 1. The van der Waals surface area contributed by atoms with Crippen LogP contribution in [0.4, 0.5) is 0 Å². The summed E-state index contributed by atoms with van der Waals surface area (Å²) < 4.78 is 0. The minimum atomic E-state index is -0.647. The van der Waals surface area contributed by atoms with E-state index in [1.807, 2.05) is 0 Å². The van der Waals surface area contributed by atoms with Crippen molar-refractivity contribution in [3.8, 4) is 0 Å².